The number of rotatable bonds is 6. The first-order chi connectivity index (χ1) is 12.1. The minimum Gasteiger partial charge on any atom is -0.299 e. The van der Waals surface area contributed by atoms with Crippen LogP contribution in [0.5, 0.6) is 0 Å². The van der Waals surface area contributed by atoms with E-state index in [0.717, 1.165) is 29.1 Å². The van der Waals surface area contributed by atoms with Crippen LogP contribution in [-0.2, 0) is 6.54 Å². The van der Waals surface area contributed by atoms with Gasteiger partial charge in [0.05, 0.1) is 0 Å². The van der Waals surface area contributed by atoms with Crippen molar-refractivity contribution in [1.29, 1.82) is 0 Å². The molecule has 1 aromatic heterocycles. The van der Waals surface area contributed by atoms with Gasteiger partial charge in [0.25, 0.3) is 5.91 Å². The van der Waals surface area contributed by atoms with E-state index in [2.05, 4.69) is 34.3 Å². The first-order valence-electron chi connectivity index (χ1n) is 8.73. The monoisotopic (exact) mass is 376 g/mol. The van der Waals surface area contributed by atoms with Crippen molar-refractivity contribution in [2.24, 2.45) is 5.92 Å². The second-order valence-electron chi connectivity index (χ2n) is 6.44. The van der Waals surface area contributed by atoms with E-state index in [1.807, 2.05) is 24.3 Å². The standard InChI is InChI=1S/C18H24N4OS2/c1-3-24-18-21-20-17(25-18)19-16(23)15-8-6-14(7-9-15)12-22-10-4-5-13(2)11-22/h6-9,13H,3-5,10-12H2,1-2H3,(H,19,20,23)/t13-/m1/s1. The zero-order valence-electron chi connectivity index (χ0n) is 14.7. The lowest BCUT2D eigenvalue weighted by atomic mass is 9.99. The normalized spacial score (nSPS) is 18.2. The zero-order chi connectivity index (χ0) is 17.6. The molecule has 1 aliphatic heterocycles. The van der Waals surface area contributed by atoms with Crippen LogP contribution in [0.2, 0.25) is 0 Å². The van der Waals surface area contributed by atoms with Crippen molar-refractivity contribution in [2.75, 3.05) is 24.2 Å². The van der Waals surface area contributed by atoms with Gasteiger partial charge in [-0.1, -0.05) is 49.1 Å². The second-order valence-corrected chi connectivity index (χ2v) is 8.93. The highest BCUT2D eigenvalue weighted by Crippen LogP contribution is 2.25. The topological polar surface area (TPSA) is 58.1 Å². The summed E-state index contributed by atoms with van der Waals surface area (Å²) in [6.07, 6.45) is 2.61. The average Bonchev–Trinajstić information content (AvgIpc) is 3.03. The summed E-state index contributed by atoms with van der Waals surface area (Å²) in [6.45, 7) is 7.67. The second kappa shape index (κ2) is 8.78. The first-order valence-corrected chi connectivity index (χ1v) is 10.5. The van der Waals surface area contributed by atoms with Crippen LogP contribution in [0.15, 0.2) is 28.6 Å². The number of amides is 1. The van der Waals surface area contributed by atoms with Gasteiger partial charge in [-0.2, -0.15) is 0 Å². The van der Waals surface area contributed by atoms with E-state index in [9.17, 15) is 4.79 Å². The Labute approximate surface area is 157 Å². The third-order valence-electron chi connectivity index (χ3n) is 4.26. The molecule has 5 nitrogen and oxygen atoms in total. The highest BCUT2D eigenvalue weighted by Gasteiger charge is 2.16. The summed E-state index contributed by atoms with van der Waals surface area (Å²) < 4.78 is 0.879. The van der Waals surface area contributed by atoms with E-state index in [0.29, 0.717) is 10.7 Å². The number of nitrogens with one attached hydrogen (secondary N) is 1. The SMILES string of the molecule is CCSc1nnc(NC(=O)c2ccc(CN3CCC[C@@H](C)C3)cc2)s1. The number of nitrogens with zero attached hydrogens (tertiary/aromatic N) is 3. The highest BCUT2D eigenvalue weighted by atomic mass is 32.2. The van der Waals surface area contributed by atoms with Crippen molar-refractivity contribution < 1.29 is 4.79 Å². The molecule has 1 N–H and O–H groups in total. The molecule has 1 saturated heterocycles. The van der Waals surface area contributed by atoms with Crippen LogP contribution >= 0.6 is 23.1 Å². The molecule has 0 radical (unpaired) electrons. The maximum Gasteiger partial charge on any atom is 0.257 e. The van der Waals surface area contributed by atoms with E-state index in [1.54, 1.807) is 11.8 Å². The third kappa shape index (κ3) is 5.26. The van der Waals surface area contributed by atoms with Crippen molar-refractivity contribution >= 4 is 34.1 Å². The number of carbonyl (C=O) groups is 1. The molecule has 0 bridgehead atoms. The van der Waals surface area contributed by atoms with Gasteiger partial charge >= 0.3 is 0 Å². The molecule has 1 amide bonds. The molecule has 0 unspecified atom stereocenters. The van der Waals surface area contributed by atoms with Crippen LogP contribution in [0.1, 0.15) is 42.6 Å². The number of hydrogen-bond donors (Lipinski definition) is 1. The molecule has 134 valence electrons. The highest BCUT2D eigenvalue weighted by molar-refractivity contribution is 8.01. The Hall–Kier alpha value is -1.44. The maximum atomic E-state index is 12.3. The number of anilines is 1. The zero-order valence-corrected chi connectivity index (χ0v) is 16.3. The lowest BCUT2D eigenvalue weighted by Crippen LogP contribution is -2.33. The summed E-state index contributed by atoms with van der Waals surface area (Å²) in [5.41, 5.74) is 1.90. The number of aromatic nitrogens is 2. The van der Waals surface area contributed by atoms with Crippen molar-refractivity contribution in [3.63, 3.8) is 0 Å². The number of carbonyl (C=O) groups excluding carboxylic acids is 1. The van der Waals surface area contributed by atoms with Gasteiger partial charge in [-0.25, -0.2) is 0 Å². The fourth-order valence-electron chi connectivity index (χ4n) is 3.06. The van der Waals surface area contributed by atoms with Gasteiger partial charge in [0.15, 0.2) is 4.34 Å². The summed E-state index contributed by atoms with van der Waals surface area (Å²) >= 11 is 3.04. The predicted octanol–water partition coefficient (Wildman–Crippen LogP) is 4.13. The third-order valence-corrected chi connectivity index (χ3v) is 6.11. The molecule has 25 heavy (non-hydrogen) atoms. The van der Waals surface area contributed by atoms with Crippen molar-refractivity contribution in [3.05, 3.63) is 35.4 Å². The molecule has 2 heterocycles. The van der Waals surface area contributed by atoms with Crippen LogP contribution in [-0.4, -0.2) is 39.8 Å². The number of likely N-dealkylation sites (tertiary alicyclic amines) is 1. The summed E-state index contributed by atoms with van der Waals surface area (Å²) in [7, 11) is 0. The summed E-state index contributed by atoms with van der Waals surface area (Å²) in [6, 6.07) is 7.88. The molecule has 1 fully saturated rings. The predicted molar refractivity (Wildman–Crippen MR) is 104 cm³/mol. The molecule has 0 saturated carbocycles. The molecular formula is C18H24N4OS2. The summed E-state index contributed by atoms with van der Waals surface area (Å²) in [5.74, 6) is 1.59. The van der Waals surface area contributed by atoms with Crippen molar-refractivity contribution in [3.8, 4) is 0 Å². The Morgan fingerprint density at radius 1 is 1.36 bits per heavy atom. The lowest BCUT2D eigenvalue weighted by Gasteiger charge is -2.30. The fourth-order valence-corrected chi connectivity index (χ4v) is 4.71. The van der Waals surface area contributed by atoms with Crippen LogP contribution < -0.4 is 5.32 Å². The van der Waals surface area contributed by atoms with E-state index in [1.165, 1.54) is 36.3 Å². The van der Waals surface area contributed by atoms with Gasteiger partial charge in [0.2, 0.25) is 5.13 Å². The number of hydrogen-bond acceptors (Lipinski definition) is 6. The molecule has 2 aromatic rings. The fraction of sp³-hybridized carbons (Fsp3) is 0.500. The van der Waals surface area contributed by atoms with Crippen molar-refractivity contribution in [1.82, 2.24) is 15.1 Å². The first kappa shape index (κ1) is 18.4. The Morgan fingerprint density at radius 3 is 2.88 bits per heavy atom. The molecule has 1 aliphatic rings. The van der Waals surface area contributed by atoms with Crippen LogP contribution in [0.3, 0.4) is 0 Å². The van der Waals surface area contributed by atoms with E-state index >= 15 is 0 Å². The van der Waals surface area contributed by atoms with Gasteiger partial charge in [0, 0.05) is 18.7 Å². The molecule has 0 aliphatic carbocycles. The summed E-state index contributed by atoms with van der Waals surface area (Å²) in [4.78, 5) is 14.8. The van der Waals surface area contributed by atoms with Gasteiger partial charge in [-0.15, -0.1) is 10.2 Å². The van der Waals surface area contributed by atoms with Crippen LogP contribution in [0.25, 0.3) is 0 Å². The molecule has 1 aromatic carbocycles. The van der Waals surface area contributed by atoms with Crippen LogP contribution in [0.4, 0.5) is 5.13 Å². The Kier molecular flexibility index (Phi) is 6.45. The number of thioether (sulfide) groups is 1. The molecular weight excluding hydrogens is 352 g/mol. The summed E-state index contributed by atoms with van der Waals surface area (Å²) in [5, 5.41) is 11.4. The molecule has 7 heteroatoms. The minimum absolute atomic E-state index is 0.137. The largest absolute Gasteiger partial charge is 0.299 e. The Bertz CT molecular complexity index is 701. The van der Waals surface area contributed by atoms with E-state index in [-0.39, 0.29) is 5.91 Å². The van der Waals surface area contributed by atoms with Gasteiger partial charge in [-0.05, 0) is 48.8 Å². The number of benzene rings is 1. The van der Waals surface area contributed by atoms with E-state index < -0.39 is 0 Å². The van der Waals surface area contributed by atoms with Crippen molar-refractivity contribution in [2.45, 2.75) is 37.6 Å². The molecule has 1 atom stereocenters. The lowest BCUT2D eigenvalue weighted by molar-refractivity contribution is 0.102. The maximum absolute atomic E-state index is 12.3. The van der Waals surface area contributed by atoms with Gasteiger partial charge in [0.1, 0.15) is 0 Å². The minimum atomic E-state index is -0.137. The number of piperidine rings is 1. The Balaban J connectivity index is 1.56. The van der Waals surface area contributed by atoms with Crippen LogP contribution in [0, 0.1) is 5.92 Å². The van der Waals surface area contributed by atoms with Gasteiger partial charge < -0.3 is 0 Å². The smallest absolute Gasteiger partial charge is 0.257 e. The Morgan fingerprint density at radius 2 is 2.16 bits per heavy atom. The van der Waals surface area contributed by atoms with Gasteiger partial charge in [-0.3, -0.25) is 15.0 Å². The average molecular weight is 377 g/mol. The quantitative estimate of drug-likeness (QED) is 0.607. The molecule has 0 spiro atoms. The molecule has 3 rings (SSSR count). The van der Waals surface area contributed by atoms with E-state index in [4.69, 9.17) is 0 Å².